The third-order valence-electron chi connectivity index (χ3n) is 8.74. The third kappa shape index (κ3) is 4.43. The Labute approximate surface area is 193 Å². The van der Waals surface area contributed by atoms with E-state index in [-0.39, 0.29) is 41.5 Å². The molecule has 2 N–H and O–H groups in total. The smallest absolute Gasteiger partial charge is 0.248 e. The molecule has 0 bridgehead atoms. The number of amides is 1. The molecule has 3 heterocycles. The average molecular weight is 467 g/mol. The monoisotopic (exact) mass is 466 g/mol. The molecule has 5 rings (SSSR count). The number of aliphatic hydroxyl groups is 1. The summed E-state index contributed by atoms with van der Waals surface area (Å²) in [6, 6.07) is -0.345. The van der Waals surface area contributed by atoms with Gasteiger partial charge in [0.1, 0.15) is 0 Å². The van der Waals surface area contributed by atoms with Gasteiger partial charge < -0.3 is 19.8 Å². The molecular weight excluding hydrogens is 430 g/mol. The SMILES string of the molecule is CC1(C)CN[C@H](C(=O)N2CCC(c3noc(C4CCC(F)(F)CC4)n3)(C3CC3)CC2)C[C@H]1O. The summed E-state index contributed by atoms with van der Waals surface area (Å²) in [4.78, 5) is 19.8. The first-order chi connectivity index (χ1) is 15.6. The molecule has 0 unspecified atom stereocenters. The molecule has 2 saturated heterocycles. The number of carbonyl (C=O) groups excluding carboxylic acids is 1. The van der Waals surface area contributed by atoms with E-state index in [1.807, 2.05) is 18.7 Å². The van der Waals surface area contributed by atoms with Crippen molar-refractivity contribution in [3.05, 3.63) is 11.7 Å². The van der Waals surface area contributed by atoms with Crippen LogP contribution >= 0.6 is 0 Å². The lowest BCUT2D eigenvalue weighted by Gasteiger charge is -2.44. The Morgan fingerprint density at radius 1 is 1.12 bits per heavy atom. The largest absolute Gasteiger partial charge is 0.392 e. The molecule has 1 amide bonds. The van der Waals surface area contributed by atoms with Crippen molar-refractivity contribution in [1.82, 2.24) is 20.4 Å². The molecule has 0 radical (unpaired) electrons. The highest BCUT2D eigenvalue weighted by Crippen LogP contribution is 2.52. The number of aliphatic hydroxyl groups excluding tert-OH is 1. The first-order valence-electron chi connectivity index (χ1n) is 12.5. The third-order valence-corrected chi connectivity index (χ3v) is 8.74. The number of hydrogen-bond acceptors (Lipinski definition) is 6. The number of carbonyl (C=O) groups is 1. The van der Waals surface area contributed by atoms with Crippen LogP contribution in [0.5, 0.6) is 0 Å². The van der Waals surface area contributed by atoms with Crippen molar-refractivity contribution in [3.8, 4) is 0 Å². The van der Waals surface area contributed by atoms with Crippen LogP contribution in [0, 0.1) is 11.3 Å². The van der Waals surface area contributed by atoms with Crippen molar-refractivity contribution in [2.24, 2.45) is 11.3 Å². The summed E-state index contributed by atoms with van der Waals surface area (Å²) >= 11 is 0. The summed E-state index contributed by atoms with van der Waals surface area (Å²) in [7, 11) is 0. The van der Waals surface area contributed by atoms with Crippen molar-refractivity contribution in [3.63, 3.8) is 0 Å². The van der Waals surface area contributed by atoms with E-state index in [1.54, 1.807) is 0 Å². The van der Waals surface area contributed by atoms with Crippen LogP contribution in [0.3, 0.4) is 0 Å². The minimum Gasteiger partial charge on any atom is -0.392 e. The molecule has 2 saturated carbocycles. The molecular formula is C24H36F2N4O3. The maximum absolute atomic E-state index is 13.5. The van der Waals surface area contributed by atoms with Gasteiger partial charge in [0.2, 0.25) is 17.7 Å². The van der Waals surface area contributed by atoms with Crippen LogP contribution in [0.2, 0.25) is 0 Å². The fourth-order valence-corrected chi connectivity index (χ4v) is 6.01. The van der Waals surface area contributed by atoms with Crippen LogP contribution in [-0.2, 0) is 10.2 Å². The second kappa shape index (κ2) is 8.26. The first kappa shape index (κ1) is 23.1. The van der Waals surface area contributed by atoms with E-state index in [9.17, 15) is 18.7 Å². The van der Waals surface area contributed by atoms with E-state index in [1.165, 1.54) is 0 Å². The number of alkyl halides is 2. The Balaban J connectivity index is 1.24. The van der Waals surface area contributed by atoms with Gasteiger partial charge in [-0.25, -0.2) is 8.78 Å². The summed E-state index contributed by atoms with van der Waals surface area (Å²) in [5.41, 5.74) is -0.428. The average Bonchev–Trinajstić information content (AvgIpc) is 3.53. The molecule has 184 valence electrons. The fourth-order valence-electron chi connectivity index (χ4n) is 6.01. The van der Waals surface area contributed by atoms with E-state index in [0.717, 1.165) is 25.7 Å². The number of likely N-dealkylation sites (tertiary alicyclic amines) is 1. The maximum atomic E-state index is 13.5. The van der Waals surface area contributed by atoms with Crippen molar-refractivity contribution < 1.29 is 23.2 Å². The molecule has 0 spiro atoms. The number of hydrogen-bond donors (Lipinski definition) is 2. The van der Waals surface area contributed by atoms with Gasteiger partial charge in [0.25, 0.3) is 0 Å². The molecule has 2 aliphatic heterocycles. The molecule has 4 fully saturated rings. The van der Waals surface area contributed by atoms with Crippen molar-refractivity contribution in [1.29, 1.82) is 0 Å². The van der Waals surface area contributed by atoms with Gasteiger partial charge in [-0.3, -0.25) is 4.79 Å². The standard InChI is InChI=1S/C24H36F2N4O3/c1-22(2)14-27-17(13-18(22)31)20(32)30-11-9-23(10-12-30,16-3-4-16)21-28-19(33-29-21)15-5-7-24(25,26)8-6-15/h15-18,27,31H,3-14H2,1-2H3/t17-,18+/m0/s1. The van der Waals surface area contributed by atoms with Gasteiger partial charge in [-0.15, -0.1) is 0 Å². The second-order valence-electron chi connectivity index (χ2n) is 11.5. The number of aromatic nitrogens is 2. The van der Waals surface area contributed by atoms with Gasteiger partial charge in [-0.05, 0) is 50.9 Å². The van der Waals surface area contributed by atoms with Gasteiger partial charge in [0.15, 0.2) is 5.82 Å². The lowest BCUT2D eigenvalue weighted by molar-refractivity contribution is -0.138. The number of nitrogens with one attached hydrogen (secondary N) is 1. The molecule has 1 aromatic heterocycles. The molecule has 33 heavy (non-hydrogen) atoms. The van der Waals surface area contributed by atoms with Gasteiger partial charge in [-0.1, -0.05) is 19.0 Å². The van der Waals surface area contributed by atoms with Gasteiger partial charge in [0.05, 0.1) is 12.1 Å². The first-order valence-corrected chi connectivity index (χ1v) is 12.5. The number of nitrogens with zero attached hydrogens (tertiary/aromatic N) is 3. The van der Waals surface area contributed by atoms with E-state index in [4.69, 9.17) is 9.51 Å². The molecule has 0 aromatic carbocycles. The van der Waals surface area contributed by atoms with Gasteiger partial charge in [-0.2, -0.15) is 4.98 Å². The molecule has 2 aliphatic carbocycles. The van der Waals surface area contributed by atoms with Crippen molar-refractivity contribution in [2.75, 3.05) is 19.6 Å². The van der Waals surface area contributed by atoms with Crippen LogP contribution in [-0.4, -0.2) is 63.8 Å². The lowest BCUT2D eigenvalue weighted by atomic mass is 9.73. The zero-order valence-electron chi connectivity index (χ0n) is 19.7. The Kier molecular flexibility index (Phi) is 5.79. The topological polar surface area (TPSA) is 91.5 Å². The second-order valence-corrected chi connectivity index (χ2v) is 11.5. The Hall–Kier alpha value is -1.61. The summed E-state index contributed by atoms with van der Waals surface area (Å²) in [6.45, 7) is 5.89. The summed E-state index contributed by atoms with van der Waals surface area (Å²) in [5, 5.41) is 18.1. The summed E-state index contributed by atoms with van der Waals surface area (Å²) in [6.07, 6.45) is 4.26. The minimum atomic E-state index is -2.58. The zero-order chi connectivity index (χ0) is 23.4. The van der Waals surface area contributed by atoms with Gasteiger partial charge >= 0.3 is 0 Å². The molecule has 9 heteroatoms. The van der Waals surface area contributed by atoms with Crippen LogP contribution in [0.25, 0.3) is 0 Å². The van der Waals surface area contributed by atoms with Crippen molar-refractivity contribution in [2.45, 2.75) is 101 Å². The number of halogens is 2. The highest BCUT2D eigenvalue weighted by atomic mass is 19.3. The fraction of sp³-hybridized carbons (Fsp3) is 0.875. The maximum Gasteiger partial charge on any atom is 0.248 e. The van der Waals surface area contributed by atoms with E-state index in [0.29, 0.717) is 56.5 Å². The molecule has 7 nitrogen and oxygen atoms in total. The predicted octanol–water partition coefficient (Wildman–Crippen LogP) is 3.38. The van der Waals surface area contributed by atoms with Gasteiger partial charge in [0, 0.05) is 49.2 Å². The van der Waals surface area contributed by atoms with Crippen LogP contribution in [0.1, 0.15) is 89.3 Å². The van der Waals surface area contributed by atoms with Crippen LogP contribution in [0.4, 0.5) is 8.78 Å². The molecule has 2 atom stereocenters. The Morgan fingerprint density at radius 2 is 1.79 bits per heavy atom. The normalized spacial score (nSPS) is 32.0. The Morgan fingerprint density at radius 3 is 2.39 bits per heavy atom. The predicted molar refractivity (Wildman–Crippen MR) is 117 cm³/mol. The Bertz CT molecular complexity index is 867. The molecule has 4 aliphatic rings. The number of rotatable bonds is 4. The highest BCUT2D eigenvalue weighted by molar-refractivity contribution is 5.82. The quantitative estimate of drug-likeness (QED) is 0.707. The highest BCUT2D eigenvalue weighted by Gasteiger charge is 2.52. The van der Waals surface area contributed by atoms with Crippen LogP contribution < -0.4 is 5.32 Å². The van der Waals surface area contributed by atoms with E-state index in [2.05, 4.69) is 10.5 Å². The minimum absolute atomic E-state index is 0.0610. The lowest BCUT2D eigenvalue weighted by Crippen LogP contribution is -2.59. The van der Waals surface area contributed by atoms with Crippen LogP contribution in [0.15, 0.2) is 4.52 Å². The number of piperidine rings is 2. The van der Waals surface area contributed by atoms with E-state index >= 15 is 0 Å². The van der Waals surface area contributed by atoms with Crippen molar-refractivity contribution >= 4 is 5.91 Å². The van der Waals surface area contributed by atoms with E-state index < -0.39 is 12.0 Å². The molecule has 1 aromatic rings. The summed E-state index contributed by atoms with van der Waals surface area (Å²) < 4.78 is 32.7. The zero-order valence-corrected chi connectivity index (χ0v) is 19.7. The summed E-state index contributed by atoms with van der Waals surface area (Å²) in [5.74, 6) is -0.902.